The van der Waals surface area contributed by atoms with Gasteiger partial charge in [0, 0.05) is 8.95 Å². The summed E-state index contributed by atoms with van der Waals surface area (Å²) in [5, 5.41) is 0. The zero-order chi connectivity index (χ0) is 9.14. The minimum Gasteiger partial charge on any atom is -0.0648 e. The van der Waals surface area contributed by atoms with E-state index in [2.05, 4.69) is 63.9 Å². The molecule has 0 N–H and O–H groups in total. The first-order valence-corrected chi connectivity index (χ1v) is 5.68. The molecule has 1 aromatic carbocycles. The average Bonchev–Trinajstić information content (AvgIpc) is 2.08. The highest BCUT2D eigenvalue weighted by Crippen LogP contribution is 2.29. The summed E-state index contributed by atoms with van der Waals surface area (Å²) in [5.74, 6) is 0.622. The molecule has 1 unspecified atom stereocenters. The lowest BCUT2D eigenvalue weighted by molar-refractivity contribution is 0.729. The lowest BCUT2D eigenvalue weighted by Gasteiger charge is -2.11. The van der Waals surface area contributed by atoms with Crippen LogP contribution in [-0.4, -0.2) is 0 Å². The maximum atomic E-state index is 3.55. The molecule has 66 valence electrons. The second-order valence-electron chi connectivity index (χ2n) is 2.98. The van der Waals surface area contributed by atoms with Gasteiger partial charge in [-0.1, -0.05) is 45.7 Å². The Kier molecular flexibility index (Phi) is 3.78. The predicted octanol–water partition coefficient (Wildman–Crippen LogP) is 4.73. The fourth-order valence-electron chi connectivity index (χ4n) is 1.11. The van der Waals surface area contributed by atoms with Crippen molar-refractivity contribution >= 4 is 31.9 Å². The predicted molar refractivity (Wildman–Crippen MR) is 60.5 cm³/mol. The van der Waals surface area contributed by atoms with E-state index in [1.165, 1.54) is 16.5 Å². The van der Waals surface area contributed by atoms with Crippen molar-refractivity contribution in [3.05, 3.63) is 32.7 Å². The van der Waals surface area contributed by atoms with Crippen LogP contribution >= 0.6 is 31.9 Å². The molecule has 12 heavy (non-hydrogen) atoms. The molecule has 1 atom stereocenters. The van der Waals surface area contributed by atoms with Crippen molar-refractivity contribution in [3.8, 4) is 0 Å². The van der Waals surface area contributed by atoms with E-state index in [0.717, 1.165) is 4.47 Å². The van der Waals surface area contributed by atoms with Gasteiger partial charge in [0.15, 0.2) is 0 Å². The Morgan fingerprint density at radius 1 is 1.33 bits per heavy atom. The maximum absolute atomic E-state index is 3.55. The summed E-state index contributed by atoms with van der Waals surface area (Å²) in [5.41, 5.74) is 1.38. The van der Waals surface area contributed by atoms with Crippen LogP contribution in [0.2, 0.25) is 0 Å². The van der Waals surface area contributed by atoms with Crippen LogP contribution < -0.4 is 0 Å². The first-order chi connectivity index (χ1) is 5.65. The van der Waals surface area contributed by atoms with Gasteiger partial charge >= 0.3 is 0 Å². The van der Waals surface area contributed by atoms with E-state index < -0.39 is 0 Å². The lowest BCUT2D eigenvalue weighted by atomic mass is 9.99. The third kappa shape index (κ3) is 2.33. The summed E-state index contributed by atoms with van der Waals surface area (Å²) < 4.78 is 2.36. The Bertz CT molecular complexity index is 269. The Labute approximate surface area is 90.6 Å². The Balaban J connectivity index is 3.04. The number of halogens is 2. The first-order valence-electron chi connectivity index (χ1n) is 4.10. The van der Waals surface area contributed by atoms with Crippen molar-refractivity contribution in [3.63, 3.8) is 0 Å². The van der Waals surface area contributed by atoms with Gasteiger partial charge < -0.3 is 0 Å². The molecular weight excluding hydrogens is 280 g/mol. The molecule has 0 heterocycles. The normalized spacial score (nSPS) is 13.0. The second kappa shape index (κ2) is 4.43. The van der Waals surface area contributed by atoms with Gasteiger partial charge in [0.25, 0.3) is 0 Å². The third-order valence-corrected chi connectivity index (χ3v) is 3.32. The Morgan fingerprint density at radius 2 is 2.00 bits per heavy atom. The van der Waals surface area contributed by atoms with Gasteiger partial charge in [0.2, 0.25) is 0 Å². The van der Waals surface area contributed by atoms with E-state index in [9.17, 15) is 0 Å². The van der Waals surface area contributed by atoms with Crippen molar-refractivity contribution in [2.75, 3.05) is 0 Å². The molecule has 0 spiro atoms. The van der Waals surface area contributed by atoms with Crippen LogP contribution in [0.5, 0.6) is 0 Å². The minimum absolute atomic E-state index is 0.622. The molecule has 0 bridgehead atoms. The first kappa shape index (κ1) is 10.3. The molecular formula is C10H12Br2. The Morgan fingerprint density at radius 3 is 2.58 bits per heavy atom. The highest BCUT2D eigenvalue weighted by Gasteiger charge is 2.06. The van der Waals surface area contributed by atoms with Crippen molar-refractivity contribution in [1.29, 1.82) is 0 Å². The highest BCUT2D eigenvalue weighted by molar-refractivity contribution is 9.11. The van der Waals surface area contributed by atoms with E-state index >= 15 is 0 Å². The van der Waals surface area contributed by atoms with E-state index in [4.69, 9.17) is 0 Å². The zero-order valence-corrected chi connectivity index (χ0v) is 10.4. The van der Waals surface area contributed by atoms with Gasteiger partial charge in [-0.05, 0) is 36.1 Å². The molecule has 0 aliphatic carbocycles. The largest absolute Gasteiger partial charge is 0.0648 e. The van der Waals surface area contributed by atoms with E-state index in [1.54, 1.807) is 0 Å². The third-order valence-electron chi connectivity index (χ3n) is 2.10. The van der Waals surface area contributed by atoms with Gasteiger partial charge in [-0.2, -0.15) is 0 Å². The van der Waals surface area contributed by atoms with E-state index in [1.807, 2.05) is 0 Å². The zero-order valence-electron chi connectivity index (χ0n) is 7.27. The topological polar surface area (TPSA) is 0 Å². The smallest absolute Gasteiger partial charge is 0.0210 e. The monoisotopic (exact) mass is 290 g/mol. The number of benzene rings is 1. The molecule has 0 aliphatic rings. The molecule has 0 saturated carbocycles. The fourth-order valence-corrected chi connectivity index (χ4v) is 2.13. The fraction of sp³-hybridized carbons (Fsp3) is 0.400. The summed E-state index contributed by atoms with van der Waals surface area (Å²) in [6.45, 7) is 4.45. The Hall–Kier alpha value is 0.180. The van der Waals surface area contributed by atoms with Gasteiger partial charge in [-0.3, -0.25) is 0 Å². The van der Waals surface area contributed by atoms with Crippen molar-refractivity contribution in [2.45, 2.75) is 26.2 Å². The quantitative estimate of drug-likeness (QED) is 0.739. The number of hydrogen-bond acceptors (Lipinski definition) is 0. The maximum Gasteiger partial charge on any atom is 0.0210 e. The molecule has 0 aromatic heterocycles. The summed E-state index contributed by atoms with van der Waals surface area (Å²) in [7, 11) is 0. The lowest BCUT2D eigenvalue weighted by Crippen LogP contribution is -1.92. The molecule has 0 nitrogen and oxygen atoms in total. The SMILES string of the molecule is CCC(C)c1cc(Br)ccc1Br. The molecule has 1 aromatic rings. The van der Waals surface area contributed by atoms with E-state index in [-0.39, 0.29) is 0 Å². The van der Waals surface area contributed by atoms with Crippen LogP contribution in [0, 0.1) is 0 Å². The summed E-state index contributed by atoms with van der Waals surface area (Å²) >= 11 is 7.02. The molecule has 0 aliphatic heterocycles. The van der Waals surface area contributed by atoms with E-state index in [0.29, 0.717) is 5.92 Å². The molecule has 0 saturated heterocycles. The molecule has 2 heteroatoms. The van der Waals surface area contributed by atoms with Gasteiger partial charge in [-0.25, -0.2) is 0 Å². The van der Waals surface area contributed by atoms with Crippen LogP contribution in [0.15, 0.2) is 27.1 Å². The van der Waals surface area contributed by atoms with Gasteiger partial charge in [0.1, 0.15) is 0 Å². The van der Waals surface area contributed by atoms with Gasteiger partial charge in [-0.15, -0.1) is 0 Å². The van der Waals surface area contributed by atoms with Crippen LogP contribution in [0.3, 0.4) is 0 Å². The van der Waals surface area contributed by atoms with Crippen LogP contribution in [0.4, 0.5) is 0 Å². The van der Waals surface area contributed by atoms with Crippen molar-refractivity contribution in [2.24, 2.45) is 0 Å². The highest BCUT2D eigenvalue weighted by atomic mass is 79.9. The second-order valence-corrected chi connectivity index (χ2v) is 4.75. The van der Waals surface area contributed by atoms with Crippen molar-refractivity contribution in [1.82, 2.24) is 0 Å². The molecule has 1 rings (SSSR count). The standard InChI is InChI=1S/C10H12Br2/c1-3-7(2)9-6-8(11)4-5-10(9)12/h4-7H,3H2,1-2H3. The van der Waals surface area contributed by atoms with Crippen LogP contribution in [0.25, 0.3) is 0 Å². The molecule has 0 amide bonds. The minimum atomic E-state index is 0.622. The summed E-state index contributed by atoms with van der Waals surface area (Å²) in [4.78, 5) is 0. The van der Waals surface area contributed by atoms with Crippen LogP contribution in [0.1, 0.15) is 31.7 Å². The number of hydrogen-bond donors (Lipinski definition) is 0. The van der Waals surface area contributed by atoms with Crippen molar-refractivity contribution < 1.29 is 0 Å². The molecule has 0 radical (unpaired) electrons. The summed E-state index contributed by atoms with van der Waals surface area (Å²) in [6, 6.07) is 6.32. The average molecular weight is 292 g/mol. The number of rotatable bonds is 2. The molecule has 0 fully saturated rings. The summed E-state index contributed by atoms with van der Waals surface area (Å²) in [6.07, 6.45) is 1.18. The van der Waals surface area contributed by atoms with Crippen LogP contribution in [-0.2, 0) is 0 Å². The van der Waals surface area contributed by atoms with Gasteiger partial charge in [0.05, 0.1) is 0 Å².